The van der Waals surface area contributed by atoms with E-state index in [0.717, 1.165) is 54.8 Å². The van der Waals surface area contributed by atoms with Gasteiger partial charge in [-0.15, -0.1) is 0 Å². The molecule has 5 rings (SSSR count). The molecule has 4 N–H and O–H groups in total. The van der Waals surface area contributed by atoms with Crippen LogP contribution in [0.3, 0.4) is 0 Å². The zero-order valence-corrected chi connectivity index (χ0v) is 24.6. The molecule has 4 aliphatic carbocycles. The Morgan fingerprint density at radius 1 is 1.03 bits per heavy atom. The van der Waals surface area contributed by atoms with Crippen LogP contribution in [0.4, 0.5) is 11.4 Å². The van der Waals surface area contributed by atoms with Gasteiger partial charge in [0.1, 0.15) is 6.10 Å². The van der Waals surface area contributed by atoms with Crippen LogP contribution in [-0.2, 0) is 4.74 Å². The fourth-order valence-corrected chi connectivity index (χ4v) is 9.73. The number of carbonyl (C=O) groups excluding carboxylic acids is 1. The van der Waals surface area contributed by atoms with Crippen molar-refractivity contribution < 1.29 is 9.53 Å². The second kappa shape index (κ2) is 10.5. The average Bonchev–Trinajstić information content (AvgIpc) is 3.21. The van der Waals surface area contributed by atoms with Crippen LogP contribution in [-0.4, -0.2) is 12.1 Å². The molecule has 38 heavy (non-hydrogen) atoms. The first kappa shape index (κ1) is 27.6. The highest BCUT2D eigenvalue weighted by Crippen LogP contribution is 2.67. The Kier molecular flexibility index (Phi) is 7.66. The quantitative estimate of drug-likeness (QED) is 0.215. The number of esters is 1. The molecule has 1 aromatic carbocycles. The third kappa shape index (κ3) is 4.90. The predicted octanol–water partition coefficient (Wildman–Crippen LogP) is 8.42. The van der Waals surface area contributed by atoms with Gasteiger partial charge in [0.05, 0.1) is 5.56 Å². The van der Waals surface area contributed by atoms with Crippen molar-refractivity contribution in [1.82, 2.24) is 0 Å². The van der Waals surface area contributed by atoms with E-state index in [0.29, 0.717) is 22.4 Å². The minimum absolute atomic E-state index is 0.0632. The summed E-state index contributed by atoms with van der Waals surface area (Å²) in [5.74, 6) is 4.73. The molecule has 0 aliphatic heterocycles. The SMILES string of the molecule is CC(C)CCCC(C)C1CCC2C3CC=C4CC(OC(=O)c5ccc(N)cc5N)CCC4(C)C3CCC12C. The van der Waals surface area contributed by atoms with Crippen LogP contribution in [0.5, 0.6) is 0 Å². The summed E-state index contributed by atoms with van der Waals surface area (Å²) in [5, 5.41) is 0. The van der Waals surface area contributed by atoms with Crippen LogP contribution in [0, 0.1) is 46.3 Å². The highest BCUT2D eigenvalue weighted by atomic mass is 16.5. The molecule has 8 atom stereocenters. The van der Waals surface area contributed by atoms with E-state index >= 15 is 0 Å². The van der Waals surface area contributed by atoms with Crippen LogP contribution >= 0.6 is 0 Å². The van der Waals surface area contributed by atoms with Crippen molar-refractivity contribution >= 4 is 17.3 Å². The molecule has 4 aliphatic rings. The van der Waals surface area contributed by atoms with Gasteiger partial charge in [-0.25, -0.2) is 4.79 Å². The fraction of sp³-hybridized carbons (Fsp3) is 0.735. The highest BCUT2D eigenvalue weighted by Gasteiger charge is 2.59. The minimum atomic E-state index is -0.321. The van der Waals surface area contributed by atoms with E-state index in [1.165, 1.54) is 51.4 Å². The third-order valence-corrected chi connectivity index (χ3v) is 11.8. The number of ether oxygens (including phenoxy) is 1. The average molecular weight is 521 g/mol. The summed E-state index contributed by atoms with van der Waals surface area (Å²) in [5.41, 5.74) is 15.6. The highest BCUT2D eigenvalue weighted by molar-refractivity contribution is 5.95. The van der Waals surface area contributed by atoms with Crippen molar-refractivity contribution in [1.29, 1.82) is 0 Å². The van der Waals surface area contributed by atoms with Gasteiger partial charge in [-0.1, -0.05) is 65.5 Å². The maximum Gasteiger partial charge on any atom is 0.340 e. The Labute approximate surface area is 231 Å². The third-order valence-electron chi connectivity index (χ3n) is 11.8. The van der Waals surface area contributed by atoms with E-state index in [4.69, 9.17) is 16.2 Å². The van der Waals surface area contributed by atoms with Gasteiger partial charge in [0.15, 0.2) is 0 Å². The molecule has 8 unspecified atom stereocenters. The topological polar surface area (TPSA) is 78.3 Å². The second-order valence-corrected chi connectivity index (χ2v) is 14.4. The Balaban J connectivity index is 1.25. The summed E-state index contributed by atoms with van der Waals surface area (Å²) in [6, 6.07) is 5.03. The molecular formula is C34H52N2O2. The zero-order valence-electron chi connectivity index (χ0n) is 24.6. The van der Waals surface area contributed by atoms with Crippen LogP contribution < -0.4 is 11.5 Å². The summed E-state index contributed by atoms with van der Waals surface area (Å²) in [6.45, 7) is 12.5. The van der Waals surface area contributed by atoms with Gasteiger partial charge in [-0.05, 0) is 109 Å². The fourth-order valence-electron chi connectivity index (χ4n) is 9.73. The van der Waals surface area contributed by atoms with E-state index in [9.17, 15) is 4.79 Å². The van der Waals surface area contributed by atoms with E-state index in [1.54, 1.807) is 23.8 Å². The Morgan fingerprint density at radius 3 is 2.55 bits per heavy atom. The number of hydrogen-bond acceptors (Lipinski definition) is 4. The lowest BCUT2D eigenvalue weighted by Crippen LogP contribution is -2.51. The van der Waals surface area contributed by atoms with Gasteiger partial charge in [-0.3, -0.25) is 0 Å². The smallest absolute Gasteiger partial charge is 0.340 e. The first-order valence-electron chi connectivity index (χ1n) is 15.6. The summed E-state index contributed by atoms with van der Waals surface area (Å²) < 4.78 is 6.00. The van der Waals surface area contributed by atoms with E-state index < -0.39 is 0 Å². The summed E-state index contributed by atoms with van der Waals surface area (Å²) in [7, 11) is 0. The molecule has 0 radical (unpaired) electrons. The number of anilines is 2. The van der Waals surface area contributed by atoms with Crippen LogP contribution in [0.25, 0.3) is 0 Å². The van der Waals surface area contributed by atoms with Gasteiger partial charge < -0.3 is 16.2 Å². The molecule has 3 saturated carbocycles. The molecule has 0 bridgehead atoms. The number of nitrogens with two attached hydrogens (primary N) is 2. The van der Waals surface area contributed by atoms with Gasteiger partial charge in [0.2, 0.25) is 0 Å². The van der Waals surface area contributed by atoms with Gasteiger partial charge in [0.25, 0.3) is 0 Å². The zero-order chi connectivity index (χ0) is 27.2. The van der Waals surface area contributed by atoms with Crippen molar-refractivity contribution in [3.63, 3.8) is 0 Å². The molecule has 4 heteroatoms. The van der Waals surface area contributed by atoms with Crippen LogP contribution in [0.2, 0.25) is 0 Å². The first-order valence-corrected chi connectivity index (χ1v) is 15.6. The predicted molar refractivity (Wildman–Crippen MR) is 158 cm³/mol. The Bertz CT molecular complexity index is 1060. The number of benzene rings is 1. The standard InChI is InChI=1S/C34H52N2O2/c1-21(2)7-6-8-22(3)28-13-14-29-26-11-9-23-19-25(38-32(37)27-12-10-24(35)20-31(27)36)15-17-33(23,4)30(26)16-18-34(28,29)5/h9-10,12,20-22,25-26,28-30H,6-8,11,13-19,35-36H2,1-5H3. The number of allylic oxidation sites excluding steroid dienone is 1. The number of hydrogen-bond donors (Lipinski definition) is 2. The molecule has 4 nitrogen and oxygen atoms in total. The summed E-state index contributed by atoms with van der Waals surface area (Å²) in [6.07, 6.45) is 16.5. The van der Waals surface area contributed by atoms with Crippen molar-refractivity contribution in [3.8, 4) is 0 Å². The summed E-state index contributed by atoms with van der Waals surface area (Å²) in [4.78, 5) is 12.9. The van der Waals surface area contributed by atoms with Crippen molar-refractivity contribution in [3.05, 3.63) is 35.4 Å². The molecule has 0 spiro atoms. The van der Waals surface area contributed by atoms with Crippen LogP contribution in [0.15, 0.2) is 29.8 Å². The second-order valence-electron chi connectivity index (χ2n) is 14.4. The van der Waals surface area contributed by atoms with E-state index in [1.807, 2.05) is 0 Å². The molecule has 210 valence electrons. The monoisotopic (exact) mass is 520 g/mol. The molecular weight excluding hydrogens is 468 g/mol. The molecule has 0 saturated heterocycles. The largest absolute Gasteiger partial charge is 0.458 e. The lowest BCUT2D eigenvalue weighted by Gasteiger charge is -2.58. The van der Waals surface area contributed by atoms with E-state index in [2.05, 4.69) is 40.7 Å². The van der Waals surface area contributed by atoms with Gasteiger partial charge in [0, 0.05) is 17.8 Å². The first-order chi connectivity index (χ1) is 18.0. The maximum atomic E-state index is 12.9. The van der Waals surface area contributed by atoms with E-state index in [-0.39, 0.29) is 17.5 Å². The normalized spacial score (nSPS) is 37.1. The number of rotatable bonds is 7. The van der Waals surface area contributed by atoms with Gasteiger partial charge in [-0.2, -0.15) is 0 Å². The number of fused-ring (bicyclic) bond motifs is 5. The van der Waals surface area contributed by atoms with Crippen molar-refractivity contribution in [2.75, 3.05) is 11.5 Å². The van der Waals surface area contributed by atoms with Crippen LogP contribution in [0.1, 0.15) is 116 Å². The molecule has 0 amide bonds. The molecule has 1 aromatic rings. The molecule has 3 fully saturated rings. The lowest BCUT2D eigenvalue weighted by atomic mass is 9.47. The van der Waals surface area contributed by atoms with Crippen molar-refractivity contribution in [2.45, 2.75) is 111 Å². The lowest BCUT2D eigenvalue weighted by molar-refractivity contribution is -0.0594. The van der Waals surface area contributed by atoms with Crippen molar-refractivity contribution in [2.24, 2.45) is 46.3 Å². The maximum absolute atomic E-state index is 12.9. The Hall–Kier alpha value is -1.97. The summed E-state index contributed by atoms with van der Waals surface area (Å²) >= 11 is 0. The Morgan fingerprint density at radius 2 is 1.82 bits per heavy atom. The number of nitrogen functional groups attached to an aromatic ring is 2. The minimum Gasteiger partial charge on any atom is -0.458 e. The number of carbonyl (C=O) groups is 1. The van der Waals surface area contributed by atoms with Gasteiger partial charge >= 0.3 is 5.97 Å². The molecule has 0 heterocycles. The molecule has 0 aromatic heterocycles.